The Morgan fingerprint density at radius 3 is 2.39 bits per heavy atom. The van der Waals surface area contributed by atoms with Crippen LogP contribution in [0.15, 0.2) is 41.7 Å². The van der Waals surface area contributed by atoms with Crippen LogP contribution < -0.4 is 5.32 Å². The van der Waals surface area contributed by atoms with Crippen molar-refractivity contribution in [2.45, 2.75) is 49.4 Å². The summed E-state index contributed by atoms with van der Waals surface area (Å²) < 4.78 is 15.3. The van der Waals surface area contributed by atoms with Gasteiger partial charge in [-0.05, 0) is 13.3 Å². The van der Waals surface area contributed by atoms with Gasteiger partial charge in [0.05, 0.1) is 13.2 Å². The molecule has 5 atom stereocenters. The zero-order chi connectivity index (χ0) is 24.6. The maximum atomic E-state index is 13.2. The fourth-order valence-corrected chi connectivity index (χ4v) is 3.98. The molecule has 11 heteroatoms. The average Bonchev–Trinajstić information content (AvgIpc) is 3.23. The number of benzene rings is 1. The van der Waals surface area contributed by atoms with Gasteiger partial charge in [-0.25, -0.2) is 0 Å². The molecule has 1 spiro atoms. The number of aliphatic hydroxyl groups excluding tert-OH is 3. The highest BCUT2D eigenvalue weighted by atomic mass is 16.6. The van der Waals surface area contributed by atoms with Crippen molar-refractivity contribution in [1.82, 2.24) is 5.32 Å². The molecule has 0 bridgehead atoms. The summed E-state index contributed by atoms with van der Waals surface area (Å²) in [4.78, 5) is 50.6. The Hall–Kier alpha value is -3.12. The van der Waals surface area contributed by atoms with E-state index in [0.717, 1.165) is 7.11 Å². The molecule has 4 N–H and O–H groups in total. The van der Waals surface area contributed by atoms with E-state index >= 15 is 0 Å². The van der Waals surface area contributed by atoms with Crippen molar-refractivity contribution >= 4 is 23.4 Å². The first-order valence-electron chi connectivity index (χ1n) is 10.1. The van der Waals surface area contributed by atoms with Crippen LogP contribution in [0.2, 0.25) is 0 Å². The number of methoxy groups -OCH3 is 2. The summed E-state index contributed by atoms with van der Waals surface area (Å²) in [5.41, 5.74) is -5.07. The largest absolute Gasteiger partial charge is 0.469 e. The summed E-state index contributed by atoms with van der Waals surface area (Å²) in [6, 6.07) is 7.70. The average molecular weight is 463 g/mol. The van der Waals surface area contributed by atoms with E-state index < -0.39 is 58.8 Å². The van der Waals surface area contributed by atoms with Crippen LogP contribution in [0.3, 0.4) is 0 Å². The van der Waals surface area contributed by atoms with E-state index in [2.05, 4.69) is 10.1 Å². The van der Waals surface area contributed by atoms with Crippen molar-refractivity contribution in [2.24, 2.45) is 0 Å². The van der Waals surface area contributed by atoms with Gasteiger partial charge in [0.2, 0.25) is 17.3 Å². The summed E-state index contributed by atoms with van der Waals surface area (Å²) in [5, 5.41) is 34.1. The Labute approximate surface area is 188 Å². The van der Waals surface area contributed by atoms with Crippen molar-refractivity contribution in [1.29, 1.82) is 0 Å². The molecule has 0 radical (unpaired) electrons. The fourth-order valence-electron chi connectivity index (χ4n) is 3.98. The summed E-state index contributed by atoms with van der Waals surface area (Å²) in [6.45, 7) is 1.24. The predicted molar refractivity (Wildman–Crippen MR) is 109 cm³/mol. The van der Waals surface area contributed by atoms with Crippen LogP contribution in [0.25, 0.3) is 0 Å². The van der Waals surface area contributed by atoms with Gasteiger partial charge in [-0.2, -0.15) is 0 Å². The second-order valence-electron chi connectivity index (χ2n) is 7.77. The summed E-state index contributed by atoms with van der Waals surface area (Å²) >= 11 is 0. The molecule has 1 aromatic carbocycles. The Balaban J connectivity index is 1.92. The van der Waals surface area contributed by atoms with Gasteiger partial charge in [-0.3, -0.25) is 19.2 Å². The number of carbonyl (C=O) groups is 4. The quantitative estimate of drug-likeness (QED) is 0.213. The Morgan fingerprint density at radius 1 is 1.18 bits per heavy atom. The third kappa shape index (κ3) is 3.72. The lowest BCUT2D eigenvalue weighted by molar-refractivity contribution is -0.163. The highest BCUT2D eigenvalue weighted by molar-refractivity contribution is 6.23. The molecule has 11 nitrogen and oxygen atoms in total. The first-order valence-corrected chi connectivity index (χ1v) is 10.1. The highest BCUT2D eigenvalue weighted by Crippen LogP contribution is 2.44. The molecule has 0 aromatic heterocycles. The Kier molecular flexibility index (Phi) is 6.70. The predicted octanol–water partition coefficient (Wildman–Crippen LogP) is -1.01. The first kappa shape index (κ1) is 24.5. The number of Topliss-reactive ketones (excluding diaryl/α,β-unsaturated/α-hetero) is 2. The van der Waals surface area contributed by atoms with Crippen LogP contribution in [0.1, 0.15) is 30.1 Å². The lowest BCUT2D eigenvalue weighted by Crippen LogP contribution is -2.60. The van der Waals surface area contributed by atoms with Gasteiger partial charge in [0.15, 0.2) is 6.10 Å². The zero-order valence-corrected chi connectivity index (χ0v) is 18.2. The molecule has 1 saturated heterocycles. The third-order valence-electron chi connectivity index (χ3n) is 5.93. The van der Waals surface area contributed by atoms with E-state index in [1.165, 1.54) is 26.2 Å². The van der Waals surface area contributed by atoms with Crippen molar-refractivity contribution in [3.05, 3.63) is 47.2 Å². The van der Waals surface area contributed by atoms with Crippen LogP contribution in [-0.4, -0.2) is 82.6 Å². The number of carbonyl (C=O) groups excluding carboxylic acids is 4. The minimum Gasteiger partial charge on any atom is -0.469 e. The molecule has 3 rings (SSSR count). The molecule has 0 unspecified atom stereocenters. The monoisotopic (exact) mass is 463 g/mol. The number of hydrogen-bond donors (Lipinski definition) is 4. The molecule has 1 amide bonds. The number of ether oxygens (including phenoxy) is 3. The molecule has 2 aliphatic heterocycles. The molecule has 1 fully saturated rings. The van der Waals surface area contributed by atoms with Gasteiger partial charge < -0.3 is 34.8 Å². The van der Waals surface area contributed by atoms with Crippen molar-refractivity contribution in [2.75, 3.05) is 14.2 Å². The lowest BCUT2D eigenvalue weighted by atomic mass is 9.85. The maximum Gasteiger partial charge on any atom is 0.305 e. The van der Waals surface area contributed by atoms with Crippen molar-refractivity contribution in [3.8, 4) is 0 Å². The Bertz CT molecular complexity index is 1010. The molecule has 33 heavy (non-hydrogen) atoms. The number of rotatable bonds is 8. The lowest BCUT2D eigenvalue weighted by Gasteiger charge is -2.32. The van der Waals surface area contributed by atoms with E-state index in [1.54, 1.807) is 18.2 Å². The van der Waals surface area contributed by atoms with Gasteiger partial charge in [0, 0.05) is 24.7 Å². The minimum atomic E-state index is -2.61. The van der Waals surface area contributed by atoms with Gasteiger partial charge in [0.25, 0.3) is 11.5 Å². The minimum absolute atomic E-state index is 0.101. The summed E-state index contributed by atoms with van der Waals surface area (Å²) in [6.07, 6.45) is -5.91. The fraction of sp³-hybridized carbons (Fsp3) is 0.455. The molecule has 2 heterocycles. The molecular formula is C22H25NO10. The zero-order valence-electron chi connectivity index (χ0n) is 18.2. The summed E-state index contributed by atoms with van der Waals surface area (Å²) in [5.74, 6) is -4.03. The van der Waals surface area contributed by atoms with Gasteiger partial charge in [-0.15, -0.1) is 0 Å². The SMILES string of the molecule is COC(=O)CC[C@H](O)[C@H](O)C1=C(C)C(=O)[C@]2(O1)C(=O)N[C@@](OC)(C(=O)c1ccccc1)[C@@H]2O. The second kappa shape index (κ2) is 9.02. The number of ketones is 2. The molecule has 178 valence electrons. The van der Waals surface area contributed by atoms with Gasteiger partial charge in [-0.1, -0.05) is 30.3 Å². The molecular weight excluding hydrogens is 438 g/mol. The molecule has 2 aliphatic rings. The van der Waals surface area contributed by atoms with Crippen LogP contribution in [0, 0.1) is 0 Å². The number of hydrogen-bond acceptors (Lipinski definition) is 10. The van der Waals surface area contributed by atoms with Crippen molar-refractivity contribution < 1.29 is 48.7 Å². The van der Waals surface area contributed by atoms with Crippen LogP contribution in [0.5, 0.6) is 0 Å². The summed E-state index contributed by atoms with van der Waals surface area (Å²) in [7, 11) is 2.24. The van der Waals surface area contributed by atoms with E-state index in [-0.39, 0.29) is 24.0 Å². The Morgan fingerprint density at radius 2 is 1.82 bits per heavy atom. The number of amides is 1. The topological polar surface area (TPSA) is 169 Å². The third-order valence-corrected chi connectivity index (χ3v) is 5.93. The highest BCUT2D eigenvalue weighted by Gasteiger charge is 2.74. The maximum absolute atomic E-state index is 13.2. The van der Waals surface area contributed by atoms with E-state index in [4.69, 9.17) is 9.47 Å². The molecule has 0 aliphatic carbocycles. The molecule has 0 saturated carbocycles. The van der Waals surface area contributed by atoms with Gasteiger partial charge >= 0.3 is 5.97 Å². The van der Waals surface area contributed by atoms with Crippen LogP contribution in [0.4, 0.5) is 0 Å². The van der Waals surface area contributed by atoms with E-state index in [9.17, 15) is 34.5 Å². The smallest absolute Gasteiger partial charge is 0.305 e. The van der Waals surface area contributed by atoms with Gasteiger partial charge in [0.1, 0.15) is 11.9 Å². The number of esters is 1. The normalized spacial score (nSPS) is 28.5. The first-order chi connectivity index (χ1) is 15.6. The van der Waals surface area contributed by atoms with Crippen LogP contribution >= 0.6 is 0 Å². The van der Waals surface area contributed by atoms with E-state index in [0.29, 0.717) is 0 Å². The van der Waals surface area contributed by atoms with E-state index in [1.807, 2.05) is 0 Å². The number of nitrogens with one attached hydrogen (secondary N) is 1. The van der Waals surface area contributed by atoms with Crippen molar-refractivity contribution in [3.63, 3.8) is 0 Å². The molecule has 1 aromatic rings. The number of aliphatic hydroxyl groups is 3. The van der Waals surface area contributed by atoms with Crippen LogP contribution in [-0.2, 0) is 28.6 Å². The standard InChI is InChI=1S/C22H25NO10/c1-11-16(15(26)13(24)9-10-14(25)31-2)33-21(17(11)27)19(29)22(32-3,23-20(21)30)18(28)12-7-5-4-6-8-12/h4-8,13,15,19,24,26,29H,9-10H2,1-3H3,(H,23,30)/t13-,15-,19+,21+,22+/m0/s1. The second-order valence-corrected chi connectivity index (χ2v) is 7.77.